The fourth-order valence-electron chi connectivity index (χ4n) is 3.45. The van der Waals surface area contributed by atoms with Crippen LogP contribution in [0.1, 0.15) is 72.1 Å². The molecule has 0 saturated carbocycles. The van der Waals surface area contributed by atoms with Crippen LogP contribution in [0.15, 0.2) is 12.2 Å². The Morgan fingerprint density at radius 3 is 2.30 bits per heavy atom. The first kappa shape index (κ1) is 22.1. The van der Waals surface area contributed by atoms with Gasteiger partial charge < -0.3 is 19.5 Å². The number of aliphatic hydroxyl groups excluding tert-OH is 1. The second kappa shape index (κ2) is 13.6. The molecule has 0 saturated heterocycles. The Hall–Kier alpha value is -0.870. The van der Waals surface area contributed by atoms with Crippen LogP contribution in [-0.4, -0.2) is 47.8 Å². The van der Waals surface area contributed by atoms with Gasteiger partial charge in [-0.25, -0.2) is 0 Å². The van der Waals surface area contributed by atoms with Gasteiger partial charge in [0.1, 0.15) is 12.6 Å². The van der Waals surface area contributed by atoms with E-state index in [4.69, 9.17) is 0 Å². The molecule has 0 aromatic rings. The minimum atomic E-state index is -0.960. The molecule has 0 aliphatic rings. The molecule has 1 atom stereocenters. The number of nitrogens with zero attached hydrogens (tertiary/aromatic N) is 1. The first-order chi connectivity index (χ1) is 11.0. The minimum Gasteiger partial charge on any atom is -0.550 e. The maximum atomic E-state index is 10.6. The van der Waals surface area contributed by atoms with Crippen molar-refractivity contribution in [2.75, 3.05) is 26.2 Å². The summed E-state index contributed by atoms with van der Waals surface area (Å²) in [7, 11) is 0. The Labute approximate surface area is 142 Å². The molecule has 0 heterocycles. The average molecular weight is 328 g/mol. The summed E-state index contributed by atoms with van der Waals surface area (Å²) < 4.78 is 0.921. The number of carboxylic acids is 1. The number of carboxylic acid groups (broad SMARTS) is 1. The van der Waals surface area contributed by atoms with Crippen molar-refractivity contribution in [3.63, 3.8) is 0 Å². The van der Waals surface area contributed by atoms with Crippen molar-refractivity contribution in [1.29, 1.82) is 0 Å². The molecule has 0 bridgehead atoms. The summed E-state index contributed by atoms with van der Waals surface area (Å²) in [6.07, 6.45) is 10.7. The van der Waals surface area contributed by atoms with Gasteiger partial charge in [-0.15, -0.1) is 0 Å². The largest absolute Gasteiger partial charge is 0.550 e. The van der Waals surface area contributed by atoms with Crippen molar-refractivity contribution >= 4 is 5.97 Å². The van der Waals surface area contributed by atoms with Gasteiger partial charge in [-0.2, -0.15) is 0 Å². The maximum absolute atomic E-state index is 10.6. The molecule has 0 aliphatic heterocycles. The topological polar surface area (TPSA) is 60.4 Å². The summed E-state index contributed by atoms with van der Waals surface area (Å²) in [6.45, 7) is 10.3. The molecular formula is C19H37NO3. The monoisotopic (exact) mass is 327 g/mol. The van der Waals surface area contributed by atoms with Crippen molar-refractivity contribution in [3.05, 3.63) is 12.2 Å². The van der Waals surface area contributed by atoms with Crippen molar-refractivity contribution in [3.8, 4) is 0 Å². The molecule has 0 aromatic carbocycles. The fourth-order valence-corrected chi connectivity index (χ4v) is 3.45. The molecule has 4 heteroatoms. The Morgan fingerprint density at radius 1 is 1.13 bits per heavy atom. The van der Waals surface area contributed by atoms with Gasteiger partial charge >= 0.3 is 0 Å². The molecule has 0 aliphatic carbocycles. The zero-order valence-electron chi connectivity index (χ0n) is 15.4. The maximum Gasteiger partial charge on any atom is 0.105 e. The van der Waals surface area contributed by atoms with Gasteiger partial charge in [0.15, 0.2) is 0 Å². The van der Waals surface area contributed by atoms with Crippen LogP contribution in [0.2, 0.25) is 0 Å². The molecule has 0 rings (SSSR count). The predicted octanol–water partition coefficient (Wildman–Crippen LogP) is 2.65. The zero-order chi connectivity index (χ0) is 17.6. The lowest BCUT2D eigenvalue weighted by Gasteiger charge is -2.40. The fraction of sp³-hybridized carbons (Fsp3) is 0.842. The number of hydrogen-bond donors (Lipinski definition) is 1. The van der Waals surface area contributed by atoms with Crippen LogP contribution in [0, 0.1) is 0 Å². The third-order valence-corrected chi connectivity index (χ3v) is 4.40. The summed E-state index contributed by atoms with van der Waals surface area (Å²) in [4.78, 5) is 10.6. The Morgan fingerprint density at radius 2 is 1.78 bits per heavy atom. The number of carbonyl (C=O) groups is 1. The summed E-state index contributed by atoms with van der Waals surface area (Å²) >= 11 is 0. The normalized spacial score (nSPS) is 13.6. The zero-order valence-corrected chi connectivity index (χ0v) is 15.4. The molecule has 23 heavy (non-hydrogen) atoms. The highest BCUT2D eigenvalue weighted by atomic mass is 16.4. The first-order valence-corrected chi connectivity index (χ1v) is 9.33. The van der Waals surface area contributed by atoms with Crippen molar-refractivity contribution in [2.45, 2.75) is 78.2 Å². The quantitative estimate of drug-likeness (QED) is 0.286. The Balaban J connectivity index is 4.52. The second-order valence-corrected chi connectivity index (χ2v) is 6.68. The third kappa shape index (κ3) is 11.3. The van der Waals surface area contributed by atoms with Gasteiger partial charge in [-0.3, -0.25) is 0 Å². The van der Waals surface area contributed by atoms with E-state index in [1.807, 2.05) is 6.92 Å². The average Bonchev–Trinajstić information content (AvgIpc) is 2.48. The summed E-state index contributed by atoms with van der Waals surface area (Å²) in [6, 6.07) is 0. The molecule has 1 unspecified atom stereocenters. The van der Waals surface area contributed by atoms with Gasteiger partial charge in [0, 0.05) is 5.97 Å². The molecule has 0 aromatic heterocycles. The minimum absolute atomic E-state index is 0.143. The molecule has 0 radical (unpaired) electrons. The molecule has 1 N–H and O–H groups in total. The van der Waals surface area contributed by atoms with E-state index in [9.17, 15) is 15.0 Å². The van der Waals surface area contributed by atoms with E-state index in [1.165, 1.54) is 0 Å². The van der Waals surface area contributed by atoms with Crippen molar-refractivity contribution in [1.82, 2.24) is 0 Å². The smallest absolute Gasteiger partial charge is 0.105 e. The van der Waals surface area contributed by atoms with Gasteiger partial charge in [0.2, 0.25) is 0 Å². The second-order valence-electron chi connectivity index (χ2n) is 6.68. The molecule has 136 valence electrons. The van der Waals surface area contributed by atoms with Crippen LogP contribution in [0.3, 0.4) is 0 Å². The van der Waals surface area contributed by atoms with Crippen LogP contribution in [0.5, 0.6) is 0 Å². The van der Waals surface area contributed by atoms with Gasteiger partial charge in [-0.1, -0.05) is 26.0 Å². The number of aliphatic hydroxyl groups is 1. The van der Waals surface area contributed by atoms with Crippen LogP contribution < -0.4 is 5.11 Å². The lowest BCUT2D eigenvalue weighted by molar-refractivity contribution is -0.931. The molecule has 0 amide bonds. The number of unbranched alkanes of at least 4 members (excludes halogenated alkanes) is 2. The highest BCUT2D eigenvalue weighted by Gasteiger charge is 2.28. The van der Waals surface area contributed by atoms with E-state index in [0.717, 1.165) is 69.2 Å². The van der Waals surface area contributed by atoms with E-state index in [-0.39, 0.29) is 12.5 Å². The summed E-state index contributed by atoms with van der Waals surface area (Å²) in [5.74, 6) is -0.960. The third-order valence-electron chi connectivity index (χ3n) is 4.40. The van der Waals surface area contributed by atoms with Crippen LogP contribution in [0.25, 0.3) is 0 Å². The molecule has 4 nitrogen and oxygen atoms in total. The number of rotatable bonds is 15. The molecular weight excluding hydrogens is 290 g/mol. The van der Waals surface area contributed by atoms with E-state index in [1.54, 1.807) is 0 Å². The lowest BCUT2D eigenvalue weighted by atomic mass is 10.1. The standard InChI is InChI=1S/C19H37NO3/c1-4-7-8-9-12-18(21)17-20(14-5-2,15-6-3)16-11-10-13-19(22)23/h4,7,18,21H,5-6,8-17H2,1-3H3/b7-4+. The molecule has 0 fully saturated rings. The van der Waals surface area contributed by atoms with E-state index in [0.29, 0.717) is 6.42 Å². The highest BCUT2D eigenvalue weighted by Crippen LogP contribution is 2.17. The first-order valence-electron chi connectivity index (χ1n) is 9.33. The molecule has 0 spiro atoms. The Bertz CT molecular complexity index is 323. The number of hydrogen-bond acceptors (Lipinski definition) is 3. The van der Waals surface area contributed by atoms with Gasteiger partial charge in [0.25, 0.3) is 0 Å². The summed E-state index contributed by atoms with van der Waals surface area (Å²) in [5, 5.41) is 21.0. The van der Waals surface area contributed by atoms with Crippen molar-refractivity contribution < 1.29 is 19.5 Å². The SMILES string of the molecule is C/C=C/CCCC(O)C[N+](CCC)(CCC)CCCCC(=O)[O-]. The van der Waals surface area contributed by atoms with Crippen molar-refractivity contribution in [2.24, 2.45) is 0 Å². The van der Waals surface area contributed by atoms with E-state index >= 15 is 0 Å². The van der Waals surface area contributed by atoms with E-state index in [2.05, 4.69) is 26.0 Å². The lowest BCUT2D eigenvalue weighted by Crippen LogP contribution is -2.53. The number of carbonyl (C=O) groups excluding carboxylic acids is 1. The van der Waals surface area contributed by atoms with E-state index < -0.39 is 5.97 Å². The number of quaternary nitrogens is 1. The summed E-state index contributed by atoms with van der Waals surface area (Å²) in [5.41, 5.74) is 0. The van der Waals surface area contributed by atoms with Gasteiger partial charge in [-0.05, 0) is 58.3 Å². The van der Waals surface area contributed by atoms with Crippen LogP contribution >= 0.6 is 0 Å². The number of aliphatic carboxylic acids is 1. The highest BCUT2D eigenvalue weighted by molar-refractivity contribution is 5.64. The Kier molecular flexibility index (Phi) is 13.0. The van der Waals surface area contributed by atoms with Crippen LogP contribution in [0.4, 0.5) is 0 Å². The van der Waals surface area contributed by atoms with Crippen LogP contribution in [-0.2, 0) is 4.79 Å². The van der Waals surface area contributed by atoms with Gasteiger partial charge in [0.05, 0.1) is 19.6 Å². The number of allylic oxidation sites excluding steroid dienone is 2. The predicted molar refractivity (Wildman–Crippen MR) is 93.8 cm³/mol.